The third kappa shape index (κ3) is 2.11. The molecule has 2 heterocycles. The van der Waals surface area contributed by atoms with E-state index in [4.69, 9.17) is 4.98 Å². The zero-order chi connectivity index (χ0) is 14.3. The highest BCUT2D eigenvalue weighted by atomic mass is 16.3. The van der Waals surface area contributed by atoms with Gasteiger partial charge in [0.05, 0.1) is 12.1 Å². The molecular weight excluding hydrogens is 248 g/mol. The molecule has 1 aliphatic rings. The van der Waals surface area contributed by atoms with Gasteiger partial charge in [-0.25, -0.2) is 0 Å². The van der Waals surface area contributed by atoms with Gasteiger partial charge in [-0.3, -0.25) is 9.88 Å². The van der Waals surface area contributed by atoms with Gasteiger partial charge in [-0.2, -0.15) is 0 Å². The first-order valence-corrected chi connectivity index (χ1v) is 7.38. The molecule has 0 radical (unpaired) electrons. The number of hydrogen-bond acceptors (Lipinski definition) is 3. The van der Waals surface area contributed by atoms with Gasteiger partial charge in [0.2, 0.25) is 0 Å². The standard InChI is InChI=1S/C17H22N2O/c1-4-19-6-5-15-13(9-19)14(10-20)17-12(3)7-11(2)8-16(17)18-15/h7-8,20H,4-6,9-10H2,1-3H3. The number of pyridine rings is 1. The summed E-state index contributed by atoms with van der Waals surface area (Å²) in [6, 6.07) is 4.31. The van der Waals surface area contributed by atoms with Crippen molar-refractivity contribution in [1.82, 2.24) is 9.88 Å². The molecule has 1 aromatic heterocycles. The SMILES string of the molecule is CCN1CCc2nc3cc(C)cc(C)c3c(CO)c2C1. The van der Waals surface area contributed by atoms with Crippen LogP contribution in [0.1, 0.15) is 34.9 Å². The predicted molar refractivity (Wildman–Crippen MR) is 81.8 cm³/mol. The molecule has 0 spiro atoms. The smallest absolute Gasteiger partial charge is 0.0714 e. The van der Waals surface area contributed by atoms with Gasteiger partial charge in [0.25, 0.3) is 0 Å². The summed E-state index contributed by atoms with van der Waals surface area (Å²) in [5, 5.41) is 11.0. The fourth-order valence-corrected chi connectivity index (χ4v) is 3.37. The normalized spacial score (nSPS) is 15.6. The maximum absolute atomic E-state index is 9.90. The second-order valence-electron chi connectivity index (χ2n) is 5.77. The van der Waals surface area contributed by atoms with Crippen molar-refractivity contribution in [3.8, 4) is 0 Å². The number of aromatic nitrogens is 1. The van der Waals surface area contributed by atoms with Crippen molar-refractivity contribution in [2.45, 2.75) is 40.3 Å². The highest BCUT2D eigenvalue weighted by Crippen LogP contribution is 2.30. The summed E-state index contributed by atoms with van der Waals surface area (Å²) < 4.78 is 0. The monoisotopic (exact) mass is 270 g/mol. The number of benzene rings is 1. The molecule has 0 fully saturated rings. The van der Waals surface area contributed by atoms with Crippen LogP contribution < -0.4 is 0 Å². The van der Waals surface area contributed by atoms with Gasteiger partial charge in [-0.1, -0.05) is 13.0 Å². The van der Waals surface area contributed by atoms with Gasteiger partial charge in [-0.05, 0) is 48.7 Å². The molecule has 1 aromatic carbocycles. The molecule has 3 heteroatoms. The summed E-state index contributed by atoms with van der Waals surface area (Å²) in [7, 11) is 0. The Balaban J connectivity index is 2.28. The van der Waals surface area contributed by atoms with Crippen molar-refractivity contribution in [2.24, 2.45) is 0 Å². The minimum Gasteiger partial charge on any atom is -0.392 e. The first-order chi connectivity index (χ1) is 9.63. The lowest BCUT2D eigenvalue weighted by Gasteiger charge is -2.29. The molecule has 20 heavy (non-hydrogen) atoms. The van der Waals surface area contributed by atoms with E-state index in [1.807, 2.05) is 0 Å². The zero-order valence-corrected chi connectivity index (χ0v) is 12.5. The van der Waals surface area contributed by atoms with Crippen LogP contribution in [0.5, 0.6) is 0 Å². The van der Waals surface area contributed by atoms with Crippen LogP contribution in [0.15, 0.2) is 12.1 Å². The van der Waals surface area contributed by atoms with Crippen molar-refractivity contribution >= 4 is 10.9 Å². The van der Waals surface area contributed by atoms with E-state index in [0.717, 1.165) is 42.5 Å². The Bertz CT molecular complexity index is 664. The first kappa shape index (κ1) is 13.5. The third-order valence-corrected chi connectivity index (χ3v) is 4.38. The Morgan fingerprint density at radius 1 is 1.30 bits per heavy atom. The number of hydrogen-bond donors (Lipinski definition) is 1. The molecule has 0 saturated carbocycles. The van der Waals surface area contributed by atoms with E-state index < -0.39 is 0 Å². The van der Waals surface area contributed by atoms with Crippen LogP contribution in [0, 0.1) is 13.8 Å². The number of rotatable bonds is 2. The van der Waals surface area contributed by atoms with Crippen LogP contribution in [0.4, 0.5) is 0 Å². The molecule has 2 aromatic rings. The van der Waals surface area contributed by atoms with Gasteiger partial charge in [-0.15, -0.1) is 0 Å². The maximum Gasteiger partial charge on any atom is 0.0714 e. The number of aliphatic hydroxyl groups is 1. The van der Waals surface area contributed by atoms with E-state index in [-0.39, 0.29) is 6.61 Å². The number of aliphatic hydroxyl groups excluding tert-OH is 1. The Hall–Kier alpha value is -1.45. The summed E-state index contributed by atoms with van der Waals surface area (Å²) in [5.41, 5.74) is 7.00. The van der Waals surface area contributed by atoms with E-state index in [1.165, 1.54) is 22.4 Å². The lowest BCUT2D eigenvalue weighted by atomic mass is 9.93. The molecule has 0 saturated heterocycles. The fourth-order valence-electron chi connectivity index (χ4n) is 3.37. The van der Waals surface area contributed by atoms with Crippen molar-refractivity contribution in [2.75, 3.05) is 13.1 Å². The summed E-state index contributed by atoms with van der Waals surface area (Å²) >= 11 is 0. The van der Waals surface area contributed by atoms with E-state index in [9.17, 15) is 5.11 Å². The van der Waals surface area contributed by atoms with Crippen molar-refractivity contribution in [3.63, 3.8) is 0 Å². The van der Waals surface area contributed by atoms with Crippen LogP contribution in [0.3, 0.4) is 0 Å². The highest BCUT2D eigenvalue weighted by Gasteiger charge is 2.22. The van der Waals surface area contributed by atoms with Crippen LogP contribution in [-0.2, 0) is 19.6 Å². The van der Waals surface area contributed by atoms with Crippen molar-refractivity contribution in [3.05, 3.63) is 40.1 Å². The van der Waals surface area contributed by atoms with Gasteiger partial charge >= 0.3 is 0 Å². The van der Waals surface area contributed by atoms with Crippen molar-refractivity contribution < 1.29 is 5.11 Å². The molecule has 0 atom stereocenters. The minimum absolute atomic E-state index is 0.100. The molecule has 3 nitrogen and oxygen atoms in total. The van der Waals surface area contributed by atoms with Gasteiger partial charge in [0.1, 0.15) is 0 Å². The second-order valence-corrected chi connectivity index (χ2v) is 5.77. The number of nitrogens with zero attached hydrogens (tertiary/aromatic N) is 2. The number of likely N-dealkylation sites (N-methyl/N-ethyl adjacent to an activating group) is 1. The number of aryl methyl sites for hydroxylation is 2. The summed E-state index contributed by atoms with van der Waals surface area (Å²) in [4.78, 5) is 7.29. The zero-order valence-electron chi connectivity index (χ0n) is 12.5. The Morgan fingerprint density at radius 3 is 2.80 bits per heavy atom. The largest absolute Gasteiger partial charge is 0.392 e. The summed E-state index contributed by atoms with van der Waals surface area (Å²) in [6.45, 7) is 9.54. The molecule has 0 bridgehead atoms. The lowest BCUT2D eigenvalue weighted by Crippen LogP contribution is -2.31. The van der Waals surface area contributed by atoms with E-state index in [1.54, 1.807) is 0 Å². The van der Waals surface area contributed by atoms with Crippen LogP contribution >= 0.6 is 0 Å². The average molecular weight is 270 g/mol. The van der Waals surface area contributed by atoms with Crippen LogP contribution in [-0.4, -0.2) is 28.1 Å². The average Bonchev–Trinajstić information content (AvgIpc) is 2.44. The quantitative estimate of drug-likeness (QED) is 0.911. The Kier molecular flexibility index (Phi) is 3.48. The molecule has 1 aliphatic heterocycles. The number of fused-ring (bicyclic) bond motifs is 2. The van der Waals surface area contributed by atoms with E-state index in [0.29, 0.717) is 0 Å². The van der Waals surface area contributed by atoms with Crippen LogP contribution in [0.25, 0.3) is 10.9 Å². The predicted octanol–water partition coefficient (Wildman–Crippen LogP) is 2.72. The van der Waals surface area contributed by atoms with E-state index >= 15 is 0 Å². The molecular formula is C17H22N2O. The molecule has 1 N–H and O–H groups in total. The lowest BCUT2D eigenvalue weighted by molar-refractivity contribution is 0.252. The molecule has 106 valence electrons. The molecule has 0 amide bonds. The van der Waals surface area contributed by atoms with Gasteiger partial charge in [0, 0.05) is 30.6 Å². The van der Waals surface area contributed by atoms with Gasteiger partial charge in [0.15, 0.2) is 0 Å². The molecule has 3 rings (SSSR count). The molecule has 0 unspecified atom stereocenters. The van der Waals surface area contributed by atoms with Crippen LogP contribution in [0.2, 0.25) is 0 Å². The third-order valence-electron chi connectivity index (χ3n) is 4.38. The topological polar surface area (TPSA) is 36.4 Å². The summed E-state index contributed by atoms with van der Waals surface area (Å²) in [5.74, 6) is 0. The highest BCUT2D eigenvalue weighted by molar-refractivity contribution is 5.87. The molecule has 0 aliphatic carbocycles. The fraction of sp³-hybridized carbons (Fsp3) is 0.471. The van der Waals surface area contributed by atoms with Crippen molar-refractivity contribution in [1.29, 1.82) is 0 Å². The second kappa shape index (κ2) is 5.15. The summed E-state index contributed by atoms with van der Waals surface area (Å²) in [6.07, 6.45) is 0.985. The van der Waals surface area contributed by atoms with E-state index in [2.05, 4.69) is 37.8 Å². The Morgan fingerprint density at radius 2 is 2.10 bits per heavy atom. The maximum atomic E-state index is 9.90. The minimum atomic E-state index is 0.100. The Labute approximate surface area is 120 Å². The first-order valence-electron chi connectivity index (χ1n) is 7.38. The van der Waals surface area contributed by atoms with Gasteiger partial charge < -0.3 is 5.11 Å².